The first-order chi connectivity index (χ1) is 10.1. The van der Waals surface area contributed by atoms with Crippen LogP contribution in [0.1, 0.15) is 23.7 Å². The first-order valence-electron chi connectivity index (χ1n) is 6.54. The Kier molecular flexibility index (Phi) is 5.16. The van der Waals surface area contributed by atoms with Gasteiger partial charge in [0, 0.05) is 11.1 Å². The van der Waals surface area contributed by atoms with Crippen LogP contribution in [0.4, 0.5) is 15.8 Å². The van der Waals surface area contributed by atoms with E-state index in [4.69, 9.17) is 5.73 Å². The van der Waals surface area contributed by atoms with Crippen LogP contribution in [0.3, 0.4) is 0 Å². The maximum absolute atomic E-state index is 13.1. The molecule has 0 spiro atoms. The number of pyridine rings is 1. The lowest BCUT2D eigenvalue weighted by atomic mass is 10.2. The van der Waals surface area contributed by atoms with Crippen molar-refractivity contribution in [3.8, 4) is 0 Å². The number of carbonyl (C=O) groups excluding carboxylic acids is 1. The summed E-state index contributed by atoms with van der Waals surface area (Å²) in [5.41, 5.74) is 7.00. The summed E-state index contributed by atoms with van der Waals surface area (Å²) in [5, 5.41) is 2.69. The molecule has 3 N–H and O–H groups in total. The minimum Gasteiger partial charge on any atom is -0.397 e. The SMILES string of the molecule is CCCSc1ccc(N)c(NC(=O)c2cncc(F)c2)c1. The van der Waals surface area contributed by atoms with Gasteiger partial charge in [-0.1, -0.05) is 6.92 Å². The standard InChI is InChI=1S/C15H16FN3OS/c1-2-5-21-12-3-4-13(17)14(7-12)19-15(20)10-6-11(16)9-18-8-10/h3-4,6-9H,2,5,17H2,1H3,(H,19,20). The molecule has 0 unspecified atom stereocenters. The van der Waals surface area contributed by atoms with Gasteiger partial charge in [0.2, 0.25) is 0 Å². The number of anilines is 2. The third-order valence-corrected chi connectivity index (χ3v) is 3.91. The minimum absolute atomic E-state index is 0.154. The van der Waals surface area contributed by atoms with E-state index >= 15 is 0 Å². The summed E-state index contributed by atoms with van der Waals surface area (Å²) in [6.07, 6.45) is 3.42. The van der Waals surface area contributed by atoms with Crippen LogP contribution in [0.15, 0.2) is 41.6 Å². The van der Waals surface area contributed by atoms with Crippen LogP contribution in [0.2, 0.25) is 0 Å². The molecular weight excluding hydrogens is 289 g/mol. The predicted octanol–water partition coefficient (Wildman–Crippen LogP) is 3.56. The highest BCUT2D eigenvalue weighted by molar-refractivity contribution is 7.99. The third kappa shape index (κ3) is 4.19. The number of nitrogens with zero attached hydrogens (tertiary/aromatic N) is 1. The molecule has 1 amide bonds. The summed E-state index contributed by atoms with van der Waals surface area (Å²) in [6.45, 7) is 2.10. The van der Waals surface area contributed by atoms with Crippen LogP contribution >= 0.6 is 11.8 Å². The molecule has 4 nitrogen and oxygen atoms in total. The molecule has 110 valence electrons. The zero-order valence-electron chi connectivity index (χ0n) is 11.6. The van der Waals surface area contributed by atoms with Crippen molar-refractivity contribution in [2.45, 2.75) is 18.2 Å². The Balaban J connectivity index is 2.16. The highest BCUT2D eigenvalue weighted by atomic mass is 32.2. The van der Waals surface area contributed by atoms with E-state index in [1.165, 1.54) is 6.20 Å². The van der Waals surface area contributed by atoms with E-state index in [-0.39, 0.29) is 5.56 Å². The molecule has 1 aromatic heterocycles. The first-order valence-corrected chi connectivity index (χ1v) is 7.53. The van der Waals surface area contributed by atoms with Gasteiger partial charge in [0.05, 0.1) is 23.1 Å². The number of thioether (sulfide) groups is 1. The van der Waals surface area contributed by atoms with Crippen molar-refractivity contribution in [3.05, 3.63) is 48.0 Å². The third-order valence-electron chi connectivity index (χ3n) is 2.71. The molecule has 1 aromatic carbocycles. The Hall–Kier alpha value is -2.08. The summed E-state index contributed by atoms with van der Waals surface area (Å²) in [4.78, 5) is 16.7. The fourth-order valence-electron chi connectivity index (χ4n) is 1.68. The van der Waals surface area contributed by atoms with Gasteiger partial charge in [-0.15, -0.1) is 11.8 Å². The van der Waals surface area contributed by atoms with E-state index in [0.29, 0.717) is 11.4 Å². The second-order valence-electron chi connectivity index (χ2n) is 4.44. The van der Waals surface area contributed by atoms with Crippen molar-refractivity contribution in [1.82, 2.24) is 4.98 Å². The summed E-state index contributed by atoms with van der Waals surface area (Å²) in [6, 6.07) is 6.61. The molecule has 0 radical (unpaired) electrons. The summed E-state index contributed by atoms with van der Waals surface area (Å²) in [5.74, 6) is -0.000276. The van der Waals surface area contributed by atoms with Gasteiger partial charge in [-0.2, -0.15) is 0 Å². The van der Waals surface area contributed by atoms with Gasteiger partial charge in [-0.3, -0.25) is 9.78 Å². The van der Waals surface area contributed by atoms with Crippen molar-refractivity contribution < 1.29 is 9.18 Å². The minimum atomic E-state index is -0.553. The average molecular weight is 305 g/mol. The average Bonchev–Trinajstić information content (AvgIpc) is 2.48. The normalized spacial score (nSPS) is 10.4. The first kappa shape index (κ1) is 15.3. The fraction of sp³-hybridized carbons (Fsp3) is 0.200. The summed E-state index contributed by atoms with van der Waals surface area (Å²) < 4.78 is 13.1. The van der Waals surface area contributed by atoms with Crippen LogP contribution in [0.5, 0.6) is 0 Å². The molecule has 2 rings (SSSR count). The molecule has 0 aliphatic rings. The number of halogens is 1. The predicted molar refractivity (Wildman–Crippen MR) is 84.0 cm³/mol. The van der Waals surface area contributed by atoms with Crippen molar-refractivity contribution in [1.29, 1.82) is 0 Å². The van der Waals surface area contributed by atoms with Crippen molar-refractivity contribution in [2.75, 3.05) is 16.8 Å². The van der Waals surface area contributed by atoms with Crippen molar-refractivity contribution in [3.63, 3.8) is 0 Å². The van der Waals surface area contributed by atoms with E-state index in [2.05, 4.69) is 17.2 Å². The molecule has 0 aliphatic carbocycles. The lowest BCUT2D eigenvalue weighted by Crippen LogP contribution is -2.13. The topological polar surface area (TPSA) is 68.0 Å². The molecule has 2 aromatic rings. The molecule has 0 saturated heterocycles. The summed E-state index contributed by atoms with van der Waals surface area (Å²) >= 11 is 1.69. The Morgan fingerprint density at radius 1 is 1.38 bits per heavy atom. The van der Waals surface area contributed by atoms with Crippen LogP contribution in [-0.4, -0.2) is 16.6 Å². The van der Waals surface area contributed by atoms with E-state index in [1.54, 1.807) is 17.8 Å². The van der Waals surface area contributed by atoms with Gasteiger partial charge in [0.15, 0.2) is 0 Å². The molecule has 0 saturated carbocycles. The Labute approximate surface area is 127 Å². The van der Waals surface area contributed by atoms with Crippen molar-refractivity contribution in [2.24, 2.45) is 0 Å². The molecule has 0 atom stereocenters. The van der Waals surface area contributed by atoms with Crippen LogP contribution < -0.4 is 11.1 Å². The van der Waals surface area contributed by atoms with E-state index in [0.717, 1.165) is 29.3 Å². The summed E-state index contributed by atoms with van der Waals surface area (Å²) in [7, 11) is 0. The fourth-order valence-corrected chi connectivity index (χ4v) is 2.49. The molecule has 0 fully saturated rings. The molecule has 0 aliphatic heterocycles. The molecular formula is C15H16FN3OS. The van der Waals surface area contributed by atoms with Crippen LogP contribution in [0, 0.1) is 5.82 Å². The van der Waals surface area contributed by atoms with Gasteiger partial charge in [-0.05, 0) is 36.4 Å². The number of nitrogen functional groups attached to an aromatic ring is 1. The lowest BCUT2D eigenvalue weighted by molar-refractivity contribution is 0.102. The van der Waals surface area contributed by atoms with Gasteiger partial charge in [0.1, 0.15) is 5.82 Å². The van der Waals surface area contributed by atoms with E-state index < -0.39 is 11.7 Å². The van der Waals surface area contributed by atoms with Gasteiger partial charge in [-0.25, -0.2) is 4.39 Å². The monoisotopic (exact) mass is 305 g/mol. The van der Waals surface area contributed by atoms with Gasteiger partial charge >= 0.3 is 0 Å². The smallest absolute Gasteiger partial charge is 0.257 e. The molecule has 6 heteroatoms. The number of aromatic nitrogens is 1. The molecule has 0 bridgehead atoms. The number of hydrogen-bond acceptors (Lipinski definition) is 4. The Morgan fingerprint density at radius 3 is 2.90 bits per heavy atom. The van der Waals surface area contributed by atoms with Crippen LogP contribution in [0.25, 0.3) is 0 Å². The molecule has 21 heavy (non-hydrogen) atoms. The number of amides is 1. The molecule has 1 heterocycles. The van der Waals surface area contributed by atoms with E-state index in [1.807, 2.05) is 12.1 Å². The highest BCUT2D eigenvalue weighted by Gasteiger charge is 2.10. The Bertz CT molecular complexity index is 649. The number of rotatable bonds is 5. The number of carbonyl (C=O) groups is 1. The van der Waals surface area contributed by atoms with Gasteiger partial charge < -0.3 is 11.1 Å². The lowest BCUT2D eigenvalue weighted by Gasteiger charge is -2.10. The highest BCUT2D eigenvalue weighted by Crippen LogP contribution is 2.27. The zero-order chi connectivity index (χ0) is 15.2. The maximum Gasteiger partial charge on any atom is 0.257 e. The quantitative estimate of drug-likeness (QED) is 0.654. The maximum atomic E-state index is 13.1. The number of hydrogen-bond donors (Lipinski definition) is 2. The van der Waals surface area contributed by atoms with E-state index in [9.17, 15) is 9.18 Å². The second-order valence-corrected chi connectivity index (χ2v) is 5.61. The second kappa shape index (κ2) is 7.08. The number of nitrogens with two attached hydrogens (primary N) is 1. The number of benzene rings is 1. The number of nitrogens with one attached hydrogen (secondary N) is 1. The largest absolute Gasteiger partial charge is 0.397 e. The van der Waals surface area contributed by atoms with Crippen molar-refractivity contribution >= 4 is 29.0 Å². The van der Waals surface area contributed by atoms with Crippen LogP contribution in [-0.2, 0) is 0 Å². The van der Waals surface area contributed by atoms with Gasteiger partial charge in [0.25, 0.3) is 5.91 Å². The Morgan fingerprint density at radius 2 is 2.19 bits per heavy atom. The zero-order valence-corrected chi connectivity index (χ0v) is 12.4.